The van der Waals surface area contributed by atoms with Crippen molar-refractivity contribution in [2.24, 2.45) is 0 Å². The monoisotopic (exact) mass is 95.1 g/mol. The topological polar surface area (TPSA) is 0 Å². The molecule has 0 unspecified atom stereocenters. The molecule has 0 spiro atoms. The third kappa shape index (κ3) is 24.9. The maximum Gasteiger partial charge on any atom is 0.0814 e. The van der Waals surface area contributed by atoms with Crippen molar-refractivity contribution in [2.75, 3.05) is 0 Å². The Bertz CT molecular complexity index is 3.61. The normalized spacial score (nSPS) is 0. The van der Waals surface area contributed by atoms with Crippen molar-refractivity contribution in [1.29, 1.82) is 0 Å². The molecule has 0 atom stereocenters. The van der Waals surface area contributed by atoms with E-state index in [1.807, 2.05) is 0 Å². The predicted molar refractivity (Wildman–Crippen MR) is 45.5 cm³/mol. The maximum atomic E-state index is 0. The van der Waals surface area contributed by atoms with Crippen LogP contribution in [0.2, 0.25) is 0 Å². The molecular weight excluding hydrogens is 82.3 g/mol. The molecular formula is H12B4K. The Morgan fingerprint density at radius 2 is 0.400 bits per heavy atom. The summed E-state index contributed by atoms with van der Waals surface area (Å²) in [5.41, 5.74) is 0. The van der Waals surface area contributed by atoms with Gasteiger partial charge < -0.3 is 0 Å². The molecule has 0 aromatic carbocycles. The van der Waals surface area contributed by atoms with Gasteiger partial charge in [-0.1, -0.05) is 0 Å². The van der Waals surface area contributed by atoms with Gasteiger partial charge >= 0.3 is 0 Å². The number of hydrogen-bond donors (Lipinski definition) is 0. The Labute approximate surface area is 83.6 Å². The van der Waals surface area contributed by atoms with Crippen LogP contribution in [0.4, 0.5) is 0 Å². The zero-order valence-corrected chi connectivity index (χ0v) is 4.12. The van der Waals surface area contributed by atoms with Gasteiger partial charge in [-0.25, -0.2) is 0 Å². The molecule has 25 valence electrons. The first-order valence-electron chi connectivity index (χ1n) is 0. The van der Waals surface area contributed by atoms with Gasteiger partial charge in [0.1, 0.15) is 0 Å². The molecule has 5 heavy (non-hydrogen) atoms. The summed E-state index contributed by atoms with van der Waals surface area (Å²) in [4.78, 5) is 0. The van der Waals surface area contributed by atoms with E-state index in [1.165, 1.54) is 0 Å². The van der Waals surface area contributed by atoms with Crippen molar-refractivity contribution < 1.29 is 0 Å². The van der Waals surface area contributed by atoms with Crippen LogP contribution >= 0.6 is 0 Å². The van der Waals surface area contributed by atoms with Crippen molar-refractivity contribution in [2.45, 2.75) is 0 Å². The zero-order valence-electron chi connectivity index (χ0n) is 1.00. The summed E-state index contributed by atoms with van der Waals surface area (Å²) in [5, 5.41) is 0. The molecule has 0 aromatic rings. The standard InChI is InChI=1S/4BH3.K/h4*1H3;. The van der Waals surface area contributed by atoms with Crippen molar-refractivity contribution in [1.82, 2.24) is 0 Å². The first kappa shape index (κ1) is 66.7. The molecule has 0 amide bonds. The number of rotatable bonds is 0. The van der Waals surface area contributed by atoms with Crippen LogP contribution in [0.15, 0.2) is 0 Å². The van der Waals surface area contributed by atoms with Gasteiger partial charge in [0.25, 0.3) is 0 Å². The van der Waals surface area contributed by atoms with Crippen molar-refractivity contribution in [3.05, 3.63) is 0 Å². The van der Waals surface area contributed by atoms with Gasteiger partial charge in [-0.15, -0.1) is 0 Å². The Kier molecular flexibility index (Phi) is 524. The van der Waals surface area contributed by atoms with E-state index in [0.29, 0.717) is 0 Å². The van der Waals surface area contributed by atoms with Crippen LogP contribution in [0.1, 0.15) is 0 Å². The minimum absolute atomic E-state index is 0. The molecule has 0 nitrogen and oxygen atoms in total. The molecule has 0 N–H and O–H groups in total. The van der Waals surface area contributed by atoms with Crippen LogP contribution in [0.3, 0.4) is 0 Å². The fourth-order valence-electron chi connectivity index (χ4n) is 0. The van der Waals surface area contributed by atoms with E-state index in [-0.39, 0.29) is 85.0 Å². The molecule has 0 aliphatic carbocycles. The molecule has 0 aromatic heterocycles. The van der Waals surface area contributed by atoms with E-state index in [4.69, 9.17) is 0 Å². The van der Waals surface area contributed by atoms with Crippen LogP contribution < -0.4 is 0 Å². The van der Waals surface area contributed by atoms with Crippen LogP contribution in [-0.2, 0) is 0 Å². The zero-order chi connectivity index (χ0) is 0. The molecule has 0 aliphatic rings. The Morgan fingerprint density at radius 3 is 0.400 bits per heavy atom. The van der Waals surface area contributed by atoms with Gasteiger partial charge in [0.15, 0.2) is 0 Å². The molecule has 0 rings (SSSR count). The Morgan fingerprint density at radius 1 is 0.400 bits per heavy atom. The first-order valence-corrected chi connectivity index (χ1v) is 0. The molecule has 1 radical (unpaired) electrons. The van der Waals surface area contributed by atoms with E-state index in [1.54, 1.807) is 0 Å². The molecule has 0 saturated carbocycles. The molecule has 0 aliphatic heterocycles. The molecule has 0 bridgehead atoms. The van der Waals surface area contributed by atoms with Gasteiger partial charge in [0.2, 0.25) is 0 Å². The van der Waals surface area contributed by atoms with Crippen molar-refractivity contribution in [3.63, 3.8) is 0 Å². The summed E-state index contributed by atoms with van der Waals surface area (Å²) >= 11 is 0. The average Bonchev–Trinajstić information content (AvgIpc) is 0. The largest absolute Gasteiger partial charge is 0.0814 e. The van der Waals surface area contributed by atoms with Crippen molar-refractivity contribution >= 4 is 85.0 Å². The summed E-state index contributed by atoms with van der Waals surface area (Å²) in [6.45, 7) is 0. The second-order valence-corrected chi connectivity index (χ2v) is 0. The molecule has 0 fully saturated rings. The van der Waals surface area contributed by atoms with Crippen LogP contribution in [0.5, 0.6) is 0 Å². The summed E-state index contributed by atoms with van der Waals surface area (Å²) in [5.74, 6) is 0. The Balaban J connectivity index is 0. The summed E-state index contributed by atoms with van der Waals surface area (Å²) < 4.78 is 0. The van der Waals surface area contributed by atoms with E-state index >= 15 is 0 Å². The fourth-order valence-corrected chi connectivity index (χ4v) is 0. The second-order valence-electron chi connectivity index (χ2n) is 0. The summed E-state index contributed by atoms with van der Waals surface area (Å²) in [6, 6.07) is 0. The van der Waals surface area contributed by atoms with Gasteiger partial charge in [-0.2, -0.15) is 0 Å². The third-order valence-electron chi connectivity index (χ3n) is 0. The van der Waals surface area contributed by atoms with E-state index in [2.05, 4.69) is 0 Å². The van der Waals surface area contributed by atoms with Crippen LogP contribution in [0, 0.1) is 0 Å². The average molecular weight is 94.4 g/mol. The van der Waals surface area contributed by atoms with Gasteiger partial charge in [0.05, 0.1) is 33.7 Å². The SMILES string of the molecule is B.B.B.B.[K]. The summed E-state index contributed by atoms with van der Waals surface area (Å²) in [6.07, 6.45) is 0. The van der Waals surface area contributed by atoms with Crippen molar-refractivity contribution in [3.8, 4) is 0 Å². The molecule has 0 heterocycles. The van der Waals surface area contributed by atoms with Gasteiger partial charge in [0, 0.05) is 51.4 Å². The van der Waals surface area contributed by atoms with E-state index in [0.717, 1.165) is 0 Å². The minimum atomic E-state index is 0. The predicted octanol–water partition coefficient (Wildman–Crippen LogP) is -5.12. The fraction of sp³-hybridized carbons (Fsp3) is 0. The quantitative estimate of drug-likeness (QED) is 0.264. The molecule has 0 saturated heterocycles. The smallest absolute Gasteiger partial charge is 0 e. The Hall–Kier alpha value is 1.90. The van der Waals surface area contributed by atoms with E-state index < -0.39 is 0 Å². The van der Waals surface area contributed by atoms with Crippen LogP contribution in [0.25, 0.3) is 0 Å². The van der Waals surface area contributed by atoms with Crippen LogP contribution in [-0.4, -0.2) is 85.0 Å². The minimum Gasteiger partial charge on any atom is 0 e. The summed E-state index contributed by atoms with van der Waals surface area (Å²) in [7, 11) is 0. The van der Waals surface area contributed by atoms with Gasteiger partial charge in [-0.3, -0.25) is 0 Å². The third-order valence-corrected chi connectivity index (χ3v) is 0. The molecule has 5 heteroatoms. The maximum absolute atomic E-state index is 0. The van der Waals surface area contributed by atoms with Gasteiger partial charge in [-0.05, 0) is 0 Å². The second kappa shape index (κ2) is 39.3. The number of hydrogen-bond acceptors (Lipinski definition) is 0. The first-order chi connectivity index (χ1) is 0. The van der Waals surface area contributed by atoms with E-state index in [9.17, 15) is 0 Å².